The van der Waals surface area contributed by atoms with Gasteiger partial charge in [-0.1, -0.05) is 62.9 Å². The predicted molar refractivity (Wildman–Crippen MR) is 91.9 cm³/mol. The molecule has 0 saturated heterocycles. The third-order valence-corrected chi connectivity index (χ3v) is 4.23. The molecular weight excluding hydrogens is 296 g/mol. The molecule has 0 radical (unpaired) electrons. The Labute approximate surface area is 134 Å². The van der Waals surface area contributed by atoms with E-state index >= 15 is 0 Å². The SMILES string of the molecule is C=C/C=C(\C=C/C(C)C)S(=O)(=O)OCCCc1ccccc1. The lowest BCUT2D eigenvalue weighted by molar-refractivity contribution is 0.317. The van der Waals surface area contributed by atoms with E-state index in [2.05, 4.69) is 6.58 Å². The molecule has 0 amide bonds. The first-order valence-electron chi connectivity index (χ1n) is 7.40. The second-order valence-electron chi connectivity index (χ2n) is 5.27. The lowest BCUT2D eigenvalue weighted by Crippen LogP contribution is -2.09. The van der Waals surface area contributed by atoms with E-state index in [9.17, 15) is 8.42 Å². The molecule has 120 valence electrons. The maximum absolute atomic E-state index is 12.2. The minimum Gasteiger partial charge on any atom is -0.266 e. The standard InChI is InChI=1S/C18H24O3S/c1-4-9-18(14-13-16(2)3)22(19,20)21-15-8-12-17-10-6-5-7-11-17/h4-7,9-11,13-14,16H,1,8,12,15H2,2-3H3/b14-13-,18-9+. The van der Waals surface area contributed by atoms with Crippen molar-refractivity contribution in [1.29, 1.82) is 0 Å². The molecule has 0 bridgehead atoms. The molecule has 0 atom stereocenters. The van der Waals surface area contributed by atoms with Crippen LogP contribution in [-0.4, -0.2) is 15.0 Å². The Balaban J connectivity index is 2.57. The topological polar surface area (TPSA) is 43.4 Å². The van der Waals surface area contributed by atoms with E-state index < -0.39 is 10.1 Å². The van der Waals surface area contributed by atoms with Crippen LogP contribution in [-0.2, 0) is 20.7 Å². The number of hydrogen-bond acceptors (Lipinski definition) is 3. The van der Waals surface area contributed by atoms with Gasteiger partial charge in [0.1, 0.15) is 0 Å². The normalized spacial score (nSPS) is 13.0. The Kier molecular flexibility index (Phi) is 7.85. The van der Waals surface area contributed by atoms with Gasteiger partial charge in [0.2, 0.25) is 0 Å². The second-order valence-corrected chi connectivity index (χ2v) is 6.89. The van der Waals surface area contributed by atoms with Crippen LogP contribution in [0.5, 0.6) is 0 Å². The molecular formula is C18H24O3S. The lowest BCUT2D eigenvalue weighted by atomic mass is 10.1. The fraction of sp³-hybridized carbons (Fsp3) is 0.333. The monoisotopic (exact) mass is 320 g/mol. The van der Waals surface area contributed by atoms with Crippen LogP contribution in [0.25, 0.3) is 0 Å². The molecule has 0 fully saturated rings. The van der Waals surface area contributed by atoms with Crippen LogP contribution in [0.4, 0.5) is 0 Å². The second kappa shape index (κ2) is 9.38. The van der Waals surface area contributed by atoms with Crippen LogP contribution in [0.15, 0.2) is 66.1 Å². The van der Waals surface area contributed by atoms with Gasteiger partial charge >= 0.3 is 0 Å². The zero-order valence-corrected chi connectivity index (χ0v) is 14.1. The minimum atomic E-state index is -3.73. The van der Waals surface area contributed by atoms with Gasteiger partial charge in [0.25, 0.3) is 10.1 Å². The molecule has 1 rings (SSSR count). The van der Waals surface area contributed by atoms with Gasteiger partial charge < -0.3 is 0 Å². The zero-order chi connectivity index (χ0) is 16.4. The molecule has 0 unspecified atom stereocenters. The van der Waals surface area contributed by atoms with Crippen LogP contribution < -0.4 is 0 Å². The third kappa shape index (κ3) is 6.87. The molecule has 0 aliphatic carbocycles. The summed E-state index contributed by atoms with van der Waals surface area (Å²) >= 11 is 0. The fourth-order valence-corrected chi connectivity index (χ4v) is 2.76. The van der Waals surface area contributed by atoms with E-state index in [0.29, 0.717) is 6.42 Å². The minimum absolute atomic E-state index is 0.135. The lowest BCUT2D eigenvalue weighted by Gasteiger charge is -2.07. The van der Waals surface area contributed by atoms with Crippen molar-refractivity contribution < 1.29 is 12.6 Å². The molecule has 4 heteroatoms. The predicted octanol–water partition coefficient (Wildman–Crippen LogP) is 4.25. The quantitative estimate of drug-likeness (QED) is 0.388. The smallest absolute Gasteiger partial charge is 0.266 e. The molecule has 0 heterocycles. The van der Waals surface area contributed by atoms with Crippen LogP contribution in [0.3, 0.4) is 0 Å². The average molecular weight is 320 g/mol. The number of rotatable bonds is 9. The van der Waals surface area contributed by atoms with E-state index in [-0.39, 0.29) is 17.4 Å². The number of allylic oxidation sites excluding steroid dienone is 4. The van der Waals surface area contributed by atoms with Crippen molar-refractivity contribution in [2.24, 2.45) is 5.92 Å². The summed E-state index contributed by atoms with van der Waals surface area (Å²) in [5.74, 6) is 0.265. The molecule has 0 aromatic heterocycles. The Morgan fingerprint density at radius 1 is 1.27 bits per heavy atom. The third-order valence-electron chi connectivity index (χ3n) is 2.91. The highest BCUT2D eigenvalue weighted by atomic mass is 32.2. The molecule has 1 aromatic rings. The van der Waals surface area contributed by atoms with Crippen molar-refractivity contribution in [3.05, 3.63) is 71.7 Å². The molecule has 22 heavy (non-hydrogen) atoms. The van der Waals surface area contributed by atoms with Crippen molar-refractivity contribution in [3.63, 3.8) is 0 Å². The summed E-state index contributed by atoms with van der Waals surface area (Å²) in [7, 11) is -3.73. The molecule has 0 aliphatic rings. The van der Waals surface area contributed by atoms with E-state index in [1.807, 2.05) is 50.3 Å². The Morgan fingerprint density at radius 3 is 2.55 bits per heavy atom. The first-order chi connectivity index (χ1) is 10.5. The van der Waals surface area contributed by atoms with Gasteiger partial charge in [-0.25, -0.2) is 0 Å². The van der Waals surface area contributed by atoms with Crippen LogP contribution in [0.1, 0.15) is 25.8 Å². The first-order valence-corrected chi connectivity index (χ1v) is 8.81. The van der Waals surface area contributed by atoms with Gasteiger partial charge in [-0.2, -0.15) is 8.42 Å². The van der Waals surface area contributed by atoms with E-state index in [4.69, 9.17) is 4.18 Å². The molecule has 0 saturated carbocycles. The Hall–Kier alpha value is -1.65. The van der Waals surface area contributed by atoms with Gasteiger partial charge in [-0.3, -0.25) is 4.18 Å². The Morgan fingerprint density at radius 2 is 1.95 bits per heavy atom. The summed E-state index contributed by atoms with van der Waals surface area (Å²) in [4.78, 5) is 0.135. The Bertz CT molecular complexity index is 611. The first kappa shape index (κ1) is 18.4. The van der Waals surface area contributed by atoms with Gasteiger partial charge in [0, 0.05) is 0 Å². The van der Waals surface area contributed by atoms with Crippen molar-refractivity contribution in [3.8, 4) is 0 Å². The molecule has 0 spiro atoms. The number of benzene rings is 1. The van der Waals surface area contributed by atoms with Crippen molar-refractivity contribution in [1.82, 2.24) is 0 Å². The number of aryl methyl sites for hydroxylation is 1. The van der Waals surface area contributed by atoms with Crippen molar-refractivity contribution >= 4 is 10.1 Å². The maximum atomic E-state index is 12.2. The maximum Gasteiger partial charge on any atom is 0.296 e. The summed E-state index contributed by atoms with van der Waals surface area (Å²) in [6.07, 6.45) is 7.73. The summed E-state index contributed by atoms with van der Waals surface area (Å²) in [5.41, 5.74) is 1.17. The summed E-state index contributed by atoms with van der Waals surface area (Å²) in [5, 5.41) is 0. The zero-order valence-electron chi connectivity index (χ0n) is 13.2. The summed E-state index contributed by atoms with van der Waals surface area (Å²) in [6.45, 7) is 7.68. The van der Waals surface area contributed by atoms with Gasteiger partial charge in [0.05, 0.1) is 11.5 Å². The van der Waals surface area contributed by atoms with Crippen molar-refractivity contribution in [2.45, 2.75) is 26.7 Å². The molecule has 0 aliphatic heterocycles. The summed E-state index contributed by atoms with van der Waals surface area (Å²) < 4.78 is 29.4. The van der Waals surface area contributed by atoms with Gasteiger partial charge in [-0.15, -0.1) is 0 Å². The highest BCUT2D eigenvalue weighted by Gasteiger charge is 2.15. The summed E-state index contributed by atoms with van der Waals surface area (Å²) in [6, 6.07) is 9.92. The van der Waals surface area contributed by atoms with Gasteiger partial charge in [0.15, 0.2) is 0 Å². The molecule has 3 nitrogen and oxygen atoms in total. The fourth-order valence-electron chi connectivity index (χ4n) is 1.78. The molecule has 0 N–H and O–H groups in total. The van der Waals surface area contributed by atoms with Crippen LogP contribution >= 0.6 is 0 Å². The molecule has 1 aromatic carbocycles. The van der Waals surface area contributed by atoms with E-state index in [0.717, 1.165) is 6.42 Å². The number of hydrogen-bond donors (Lipinski definition) is 0. The van der Waals surface area contributed by atoms with Crippen molar-refractivity contribution in [2.75, 3.05) is 6.61 Å². The largest absolute Gasteiger partial charge is 0.296 e. The van der Waals surface area contributed by atoms with Crippen LogP contribution in [0, 0.1) is 5.92 Å². The van der Waals surface area contributed by atoms with Gasteiger partial charge in [-0.05, 0) is 36.5 Å². The highest BCUT2D eigenvalue weighted by Crippen LogP contribution is 2.14. The average Bonchev–Trinajstić information content (AvgIpc) is 2.48. The van der Waals surface area contributed by atoms with E-state index in [1.54, 1.807) is 6.08 Å². The highest BCUT2D eigenvalue weighted by molar-refractivity contribution is 7.90. The van der Waals surface area contributed by atoms with Crippen LogP contribution in [0.2, 0.25) is 0 Å². The van der Waals surface area contributed by atoms with E-state index in [1.165, 1.54) is 17.7 Å².